The molecule has 0 aromatic heterocycles. The molecule has 1 fully saturated rings. The summed E-state index contributed by atoms with van der Waals surface area (Å²) in [4.78, 5) is 0. The lowest BCUT2D eigenvalue weighted by molar-refractivity contribution is 0.364. The zero-order valence-corrected chi connectivity index (χ0v) is 12.4. The molecule has 19 heavy (non-hydrogen) atoms. The van der Waals surface area contributed by atoms with Gasteiger partial charge in [-0.05, 0) is 68.3 Å². The van der Waals surface area contributed by atoms with Gasteiger partial charge in [0.2, 0.25) is 0 Å². The van der Waals surface area contributed by atoms with E-state index in [0.29, 0.717) is 0 Å². The van der Waals surface area contributed by atoms with Gasteiger partial charge in [-0.25, -0.2) is 0 Å². The third-order valence-corrected chi connectivity index (χ3v) is 3.88. The van der Waals surface area contributed by atoms with E-state index in [2.05, 4.69) is 48.7 Å². The SMILES string of the molecule is CC(C)Cc1ccc(NCCC2CCCNC2)cc1. The number of hydrogen-bond donors (Lipinski definition) is 2. The van der Waals surface area contributed by atoms with Gasteiger partial charge in [0.05, 0.1) is 0 Å². The molecule has 1 aliphatic rings. The lowest BCUT2D eigenvalue weighted by Gasteiger charge is -2.22. The van der Waals surface area contributed by atoms with Gasteiger partial charge in [-0.15, -0.1) is 0 Å². The molecule has 0 aliphatic carbocycles. The van der Waals surface area contributed by atoms with E-state index < -0.39 is 0 Å². The first-order valence-corrected chi connectivity index (χ1v) is 7.77. The molecular formula is C17H28N2. The van der Waals surface area contributed by atoms with Crippen LogP contribution in [0.3, 0.4) is 0 Å². The smallest absolute Gasteiger partial charge is 0.0340 e. The van der Waals surface area contributed by atoms with Gasteiger partial charge in [-0.2, -0.15) is 0 Å². The minimum atomic E-state index is 0.734. The second-order valence-corrected chi connectivity index (χ2v) is 6.22. The highest BCUT2D eigenvalue weighted by Crippen LogP contribution is 2.16. The molecule has 0 saturated carbocycles. The number of hydrogen-bond acceptors (Lipinski definition) is 2. The Morgan fingerprint density at radius 2 is 2.05 bits per heavy atom. The third kappa shape index (κ3) is 5.23. The largest absolute Gasteiger partial charge is 0.385 e. The maximum Gasteiger partial charge on any atom is 0.0340 e. The van der Waals surface area contributed by atoms with E-state index in [9.17, 15) is 0 Å². The van der Waals surface area contributed by atoms with Gasteiger partial charge in [0.1, 0.15) is 0 Å². The molecule has 1 aliphatic heterocycles. The number of nitrogens with one attached hydrogen (secondary N) is 2. The normalized spacial score (nSPS) is 19.6. The lowest BCUT2D eigenvalue weighted by Crippen LogP contribution is -2.30. The molecule has 1 heterocycles. The van der Waals surface area contributed by atoms with E-state index in [1.807, 2.05) is 0 Å². The molecule has 1 atom stereocenters. The van der Waals surface area contributed by atoms with Crippen molar-refractivity contribution in [2.24, 2.45) is 11.8 Å². The highest BCUT2D eigenvalue weighted by atomic mass is 14.9. The summed E-state index contributed by atoms with van der Waals surface area (Å²) in [5.41, 5.74) is 2.70. The van der Waals surface area contributed by atoms with E-state index in [0.717, 1.165) is 18.4 Å². The van der Waals surface area contributed by atoms with E-state index in [4.69, 9.17) is 0 Å². The molecule has 1 unspecified atom stereocenters. The molecule has 2 nitrogen and oxygen atoms in total. The minimum absolute atomic E-state index is 0.734. The van der Waals surface area contributed by atoms with Gasteiger partial charge in [-0.1, -0.05) is 26.0 Å². The Labute approximate surface area is 118 Å². The number of piperidine rings is 1. The van der Waals surface area contributed by atoms with Crippen molar-refractivity contribution in [3.63, 3.8) is 0 Å². The van der Waals surface area contributed by atoms with Gasteiger partial charge < -0.3 is 10.6 Å². The second kappa shape index (κ2) is 7.54. The molecule has 1 aromatic rings. The first kappa shape index (κ1) is 14.4. The summed E-state index contributed by atoms with van der Waals surface area (Å²) in [6.07, 6.45) is 5.19. The fourth-order valence-electron chi connectivity index (χ4n) is 2.82. The average molecular weight is 260 g/mol. The fourth-order valence-corrected chi connectivity index (χ4v) is 2.82. The van der Waals surface area contributed by atoms with E-state index >= 15 is 0 Å². The van der Waals surface area contributed by atoms with Gasteiger partial charge in [0.15, 0.2) is 0 Å². The van der Waals surface area contributed by atoms with Crippen LogP contribution in [0.4, 0.5) is 5.69 Å². The van der Waals surface area contributed by atoms with Crippen molar-refractivity contribution in [3.05, 3.63) is 29.8 Å². The van der Waals surface area contributed by atoms with E-state index in [1.165, 1.54) is 50.0 Å². The van der Waals surface area contributed by atoms with Gasteiger partial charge in [0, 0.05) is 12.2 Å². The van der Waals surface area contributed by atoms with Crippen LogP contribution in [0.15, 0.2) is 24.3 Å². The quantitative estimate of drug-likeness (QED) is 0.815. The second-order valence-electron chi connectivity index (χ2n) is 6.22. The van der Waals surface area contributed by atoms with Crippen LogP contribution in [-0.4, -0.2) is 19.6 Å². The lowest BCUT2D eigenvalue weighted by atomic mass is 9.96. The predicted octanol–water partition coefficient (Wildman–Crippen LogP) is 3.69. The summed E-state index contributed by atoms with van der Waals surface area (Å²) >= 11 is 0. The van der Waals surface area contributed by atoms with Crippen LogP contribution in [0, 0.1) is 11.8 Å². The summed E-state index contributed by atoms with van der Waals surface area (Å²) in [6.45, 7) is 8.04. The fraction of sp³-hybridized carbons (Fsp3) is 0.647. The molecule has 0 bridgehead atoms. The Kier molecular flexibility index (Phi) is 5.71. The molecule has 106 valence electrons. The van der Waals surface area contributed by atoms with Crippen molar-refractivity contribution in [2.75, 3.05) is 25.0 Å². The summed E-state index contributed by atoms with van der Waals surface area (Å²) in [6, 6.07) is 8.95. The molecule has 0 amide bonds. The standard InChI is InChI=1S/C17H28N2/c1-14(2)12-15-5-7-17(8-6-15)19-11-9-16-4-3-10-18-13-16/h5-8,14,16,18-19H,3-4,9-13H2,1-2H3. The Bertz CT molecular complexity index is 350. The highest BCUT2D eigenvalue weighted by molar-refractivity contribution is 5.44. The Morgan fingerprint density at radius 1 is 1.26 bits per heavy atom. The van der Waals surface area contributed by atoms with Crippen LogP contribution >= 0.6 is 0 Å². The maximum absolute atomic E-state index is 3.54. The highest BCUT2D eigenvalue weighted by Gasteiger charge is 2.11. The molecule has 0 spiro atoms. The Morgan fingerprint density at radius 3 is 2.68 bits per heavy atom. The Balaban J connectivity index is 1.70. The monoisotopic (exact) mass is 260 g/mol. The number of rotatable bonds is 6. The van der Waals surface area contributed by atoms with Crippen LogP contribution < -0.4 is 10.6 Å². The Hall–Kier alpha value is -1.02. The molecule has 0 radical (unpaired) electrons. The summed E-state index contributed by atoms with van der Waals surface area (Å²) in [7, 11) is 0. The third-order valence-electron chi connectivity index (χ3n) is 3.88. The van der Waals surface area contributed by atoms with Gasteiger partial charge in [-0.3, -0.25) is 0 Å². The summed E-state index contributed by atoms with van der Waals surface area (Å²) < 4.78 is 0. The first-order chi connectivity index (χ1) is 9.24. The van der Waals surface area contributed by atoms with Crippen molar-refractivity contribution in [1.82, 2.24) is 5.32 Å². The van der Waals surface area contributed by atoms with Crippen LogP contribution in [0.5, 0.6) is 0 Å². The van der Waals surface area contributed by atoms with Crippen LogP contribution in [-0.2, 0) is 6.42 Å². The predicted molar refractivity (Wildman–Crippen MR) is 83.7 cm³/mol. The molecule has 1 aromatic carbocycles. The van der Waals surface area contributed by atoms with E-state index in [-0.39, 0.29) is 0 Å². The molecule has 1 saturated heterocycles. The summed E-state index contributed by atoms with van der Waals surface area (Å²) in [5.74, 6) is 1.60. The zero-order valence-electron chi connectivity index (χ0n) is 12.4. The van der Waals surface area contributed by atoms with E-state index in [1.54, 1.807) is 0 Å². The molecule has 2 N–H and O–H groups in total. The van der Waals surface area contributed by atoms with Gasteiger partial charge >= 0.3 is 0 Å². The summed E-state index contributed by atoms with van der Waals surface area (Å²) in [5, 5.41) is 7.03. The van der Waals surface area contributed by atoms with Crippen LogP contribution in [0.1, 0.15) is 38.7 Å². The van der Waals surface area contributed by atoms with Crippen molar-refractivity contribution in [2.45, 2.75) is 39.5 Å². The van der Waals surface area contributed by atoms with Gasteiger partial charge in [0.25, 0.3) is 0 Å². The maximum atomic E-state index is 3.54. The number of anilines is 1. The van der Waals surface area contributed by atoms with Crippen LogP contribution in [0.25, 0.3) is 0 Å². The van der Waals surface area contributed by atoms with Crippen molar-refractivity contribution in [1.29, 1.82) is 0 Å². The van der Waals surface area contributed by atoms with Crippen molar-refractivity contribution in [3.8, 4) is 0 Å². The average Bonchev–Trinajstić information content (AvgIpc) is 2.41. The van der Waals surface area contributed by atoms with Crippen LogP contribution in [0.2, 0.25) is 0 Å². The van der Waals surface area contributed by atoms with Crippen molar-refractivity contribution >= 4 is 5.69 Å². The molecule has 2 heteroatoms. The molecular weight excluding hydrogens is 232 g/mol. The zero-order chi connectivity index (χ0) is 13.5. The first-order valence-electron chi connectivity index (χ1n) is 7.77. The number of benzene rings is 1. The minimum Gasteiger partial charge on any atom is -0.385 e. The molecule has 2 rings (SSSR count). The topological polar surface area (TPSA) is 24.1 Å². The van der Waals surface area contributed by atoms with Crippen molar-refractivity contribution < 1.29 is 0 Å².